The van der Waals surface area contributed by atoms with Crippen LogP contribution in [-0.4, -0.2) is 15.0 Å². The van der Waals surface area contributed by atoms with Crippen molar-refractivity contribution in [1.29, 1.82) is 0 Å². The highest BCUT2D eigenvalue weighted by Gasteiger charge is 2.21. The molecule has 53 heavy (non-hydrogen) atoms. The number of benzene rings is 8. The quantitative estimate of drug-likeness (QED) is 0.176. The molecule has 0 radical (unpaired) electrons. The van der Waals surface area contributed by atoms with Crippen molar-refractivity contribution in [2.24, 2.45) is 0 Å². The van der Waals surface area contributed by atoms with E-state index in [0.29, 0.717) is 17.5 Å². The van der Waals surface area contributed by atoms with Gasteiger partial charge in [-0.15, -0.1) is 0 Å². The van der Waals surface area contributed by atoms with E-state index in [4.69, 9.17) is 19.4 Å². The van der Waals surface area contributed by atoms with E-state index >= 15 is 0 Å². The van der Waals surface area contributed by atoms with E-state index in [1.54, 1.807) is 0 Å². The summed E-state index contributed by atoms with van der Waals surface area (Å²) in [5.74, 6) is 1.82. The molecule has 0 amide bonds. The summed E-state index contributed by atoms with van der Waals surface area (Å²) in [7, 11) is 0. The maximum absolute atomic E-state index is 6.68. The minimum atomic E-state index is 0.591. The normalized spacial score (nSPS) is 11.4. The highest BCUT2D eigenvalue weighted by Crippen LogP contribution is 2.42. The third kappa shape index (κ3) is 5.63. The van der Waals surface area contributed by atoms with Crippen molar-refractivity contribution >= 4 is 32.7 Å². The van der Waals surface area contributed by atoms with E-state index < -0.39 is 0 Å². The topological polar surface area (TPSA) is 51.8 Å². The van der Waals surface area contributed by atoms with Crippen LogP contribution in [0.25, 0.3) is 100 Å². The molecule has 0 spiro atoms. The Bertz CT molecular complexity index is 2910. The highest BCUT2D eigenvalue weighted by atomic mass is 16.3. The smallest absolute Gasteiger partial charge is 0.164 e. The van der Waals surface area contributed by atoms with Crippen LogP contribution in [-0.2, 0) is 0 Å². The standard InChI is InChI=1S/C49H31N3O/c1-3-11-32(12-4-1)35-19-24-37(25-20-35)41-29-30-43(45-42-17-9-10-18-44(42)53-46(41)45)49-51-47(38-26-21-36(22-27-38)33-13-5-2-6-14-33)50-48(52-49)40-28-23-34-15-7-8-16-39(34)31-40/h1-31H. The van der Waals surface area contributed by atoms with E-state index in [0.717, 1.165) is 66.3 Å². The second-order valence-electron chi connectivity index (χ2n) is 13.2. The number of aromatic nitrogens is 3. The van der Waals surface area contributed by atoms with Crippen LogP contribution in [0.15, 0.2) is 192 Å². The zero-order chi connectivity index (χ0) is 35.1. The van der Waals surface area contributed by atoms with Gasteiger partial charge in [-0.1, -0.05) is 164 Å². The number of furan rings is 1. The van der Waals surface area contributed by atoms with Crippen LogP contribution in [0.3, 0.4) is 0 Å². The number of nitrogens with zero attached hydrogens (tertiary/aromatic N) is 3. The Morgan fingerprint density at radius 1 is 0.321 bits per heavy atom. The van der Waals surface area contributed by atoms with Crippen molar-refractivity contribution in [1.82, 2.24) is 15.0 Å². The molecule has 8 aromatic carbocycles. The van der Waals surface area contributed by atoms with Gasteiger partial charge in [0.2, 0.25) is 0 Å². The molecule has 10 rings (SSSR count). The lowest BCUT2D eigenvalue weighted by molar-refractivity contribution is 0.670. The fraction of sp³-hybridized carbons (Fsp3) is 0. The van der Waals surface area contributed by atoms with Gasteiger partial charge in [-0.2, -0.15) is 0 Å². The summed E-state index contributed by atoms with van der Waals surface area (Å²) in [6, 6.07) is 65.1. The molecular formula is C49H31N3O. The molecule has 4 heteroatoms. The van der Waals surface area contributed by atoms with Crippen LogP contribution in [0.5, 0.6) is 0 Å². The molecule has 0 bridgehead atoms. The summed E-state index contributed by atoms with van der Waals surface area (Å²) in [6.45, 7) is 0. The molecule has 2 aromatic heterocycles. The van der Waals surface area contributed by atoms with Gasteiger partial charge in [0.15, 0.2) is 17.5 Å². The third-order valence-corrected chi connectivity index (χ3v) is 9.96. The Kier molecular flexibility index (Phi) is 7.43. The predicted molar refractivity (Wildman–Crippen MR) is 217 cm³/mol. The molecule has 0 aliphatic rings. The first-order valence-electron chi connectivity index (χ1n) is 17.8. The minimum Gasteiger partial charge on any atom is -0.455 e. The monoisotopic (exact) mass is 677 g/mol. The Labute approximate surface area is 306 Å². The number of hydrogen-bond donors (Lipinski definition) is 0. The molecule has 2 heterocycles. The molecule has 0 saturated heterocycles. The molecule has 0 N–H and O–H groups in total. The molecule has 0 fully saturated rings. The molecule has 0 saturated carbocycles. The van der Waals surface area contributed by atoms with Gasteiger partial charge in [0.05, 0.1) is 0 Å². The van der Waals surface area contributed by atoms with E-state index in [9.17, 15) is 0 Å². The summed E-state index contributed by atoms with van der Waals surface area (Å²) >= 11 is 0. The SMILES string of the molecule is c1ccc(-c2ccc(-c3nc(-c4ccc5ccccc5c4)nc(-c4ccc(-c5ccc(-c6ccccc6)cc5)c5oc6ccccc6c45)n3)cc2)cc1. The first-order valence-corrected chi connectivity index (χ1v) is 17.8. The summed E-state index contributed by atoms with van der Waals surface area (Å²) in [6.07, 6.45) is 0. The molecule has 0 unspecified atom stereocenters. The summed E-state index contributed by atoms with van der Waals surface area (Å²) in [5, 5.41) is 4.29. The maximum atomic E-state index is 6.68. The predicted octanol–water partition coefficient (Wildman–Crippen LogP) is 12.9. The average Bonchev–Trinajstić information content (AvgIpc) is 3.64. The number of hydrogen-bond acceptors (Lipinski definition) is 4. The maximum Gasteiger partial charge on any atom is 0.164 e. The van der Waals surface area contributed by atoms with Gasteiger partial charge in [0.1, 0.15) is 11.2 Å². The largest absolute Gasteiger partial charge is 0.455 e. The molecule has 0 aliphatic heterocycles. The van der Waals surface area contributed by atoms with Crippen molar-refractivity contribution in [2.75, 3.05) is 0 Å². The van der Waals surface area contributed by atoms with Crippen LogP contribution in [0.2, 0.25) is 0 Å². The van der Waals surface area contributed by atoms with Crippen molar-refractivity contribution in [3.05, 3.63) is 188 Å². The highest BCUT2D eigenvalue weighted by molar-refractivity contribution is 6.15. The summed E-state index contributed by atoms with van der Waals surface area (Å²) < 4.78 is 6.68. The number of fused-ring (bicyclic) bond motifs is 4. The van der Waals surface area contributed by atoms with Crippen LogP contribution < -0.4 is 0 Å². The second kappa shape index (κ2) is 12.9. The Morgan fingerprint density at radius 2 is 0.811 bits per heavy atom. The van der Waals surface area contributed by atoms with Gasteiger partial charge in [0, 0.05) is 33.0 Å². The zero-order valence-corrected chi connectivity index (χ0v) is 28.6. The molecule has 10 aromatic rings. The van der Waals surface area contributed by atoms with E-state index in [2.05, 4.69) is 164 Å². The molecule has 4 nitrogen and oxygen atoms in total. The van der Waals surface area contributed by atoms with E-state index in [-0.39, 0.29) is 0 Å². The van der Waals surface area contributed by atoms with Crippen molar-refractivity contribution in [3.63, 3.8) is 0 Å². The van der Waals surface area contributed by atoms with Gasteiger partial charge in [-0.05, 0) is 62.9 Å². The molecule has 0 atom stereocenters. The average molecular weight is 678 g/mol. The van der Waals surface area contributed by atoms with Crippen molar-refractivity contribution in [3.8, 4) is 67.5 Å². The molecule has 0 aliphatic carbocycles. The molecular weight excluding hydrogens is 647 g/mol. The lowest BCUT2D eigenvalue weighted by Crippen LogP contribution is -2.00. The number of rotatable bonds is 6. The lowest BCUT2D eigenvalue weighted by Gasteiger charge is -2.12. The Balaban J connectivity index is 1.16. The van der Waals surface area contributed by atoms with Gasteiger partial charge in [-0.3, -0.25) is 0 Å². The van der Waals surface area contributed by atoms with E-state index in [1.807, 2.05) is 24.3 Å². The van der Waals surface area contributed by atoms with Crippen molar-refractivity contribution in [2.45, 2.75) is 0 Å². The van der Waals surface area contributed by atoms with Crippen LogP contribution in [0.4, 0.5) is 0 Å². The minimum absolute atomic E-state index is 0.591. The third-order valence-electron chi connectivity index (χ3n) is 9.96. The van der Waals surface area contributed by atoms with E-state index in [1.165, 1.54) is 16.5 Å². The molecule has 248 valence electrons. The first kappa shape index (κ1) is 30.6. The summed E-state index contributed by atoms with van der Waals surface area (Å²) in [4.78, 5) is 15.5. The number of para-hydroxylation sites is 1. The fourth-order valence-electron chi connectivity index (χ4n) is 7.24. The lowest BCUT2D eigenvalue weighted by atomic mass is 9.96. The van der Waals surface area contributed by atoms with Gasteiger partial charge in [-0.25, -0.2) is 15.0 Å². The summed E-state index contributed by atoms with van der Waals surface area (Å²) in [5.41, 5.74) is 11.1. The fourth-order valence-corrected chi connectivity index (χ4v) is 7.24. The van der Waals surface area contributed by atoms with Gasteiger partial charge >= 0.3 is 0 Å². The van der Waals surface area contributed by atoms with Crippen LogP contribution in [0.1, 0.15) is 0 Å². The second-order valence-corrected chi connectivity index (χ2v) is 13.2. The van der Waals surface area contributed by atoms with Gasteiger partial charge in [0.25, 0.3) is 0 Å². The first-order chi connectivity index (χ1) is 26.2. The van der Waals surface area contributed by atoms with Crippen LogP contribution in [0, 0.1) is 0 Å². The zero-order valence-electron chi connectivity index (χ0n) is 28.6. The van der Waals surface area contributed by atoms with Crippen molar-refractivity contribution < 1.29 is 4.42 Å². The van der Waals surface area contributed by atoms with Crippen LogP contribution >= 0.6 is 0 Å². The Morgan fingerprint density at radius 3 is 1.51 bits per heavy atom. The van der Waals surface area contributed by atoms with Gasteiger partial charge < -0.3 is 4.42 Å². The Hall–Kier alpha value is -7.17.